The number of rotatable bonds is 4. The Balaban J connectivity index is 1.81. The lowest BCUT2D eigenvalue weighted by atomic mass is 10.0. The van der Waals surface area contributed by atoms with Crippen LogP contribution in [-0.2, 0) is 4.79 Å². The summed E-state index contributed by atoms with van der Waals surface area (Å²) in [5.41, 5.74) is 7.35. The van der Waals surface area contributed by atoms with Gasteiger partial charge in [-0.1, -0.05) is 17.7 Å². The second-order valence-electron chi connectivity index (χ2n) is 5.85. The van der Waals surface area contributed by atoms with Crippen LogP contribution in [-0.4, -0.2) is 42.0 Å². The van der Waals surface area contributed by atoms with E-state index >= 15 is 0 Å². The second kappa shape index (κ2) is 7.26. The molecule has 1 aromatic rings. The largest absolute Gasteiger partial charge is 0.382 e. The van der Waals surface area contributed by atoms with Gasteiger partial charge in [0.2, 0.25) is 5.91 Å². The quantitative estimate of drug-likeness (QED) is 0.786. The van der Waals surface area contributed by atoms with Gasteiger partial charge in [0.1, 0.15) is 0 Å². The maximum atomic E-state index is 11.8. The Labute approximate surface area is 131 Å². The van der Waals surface area contributed by atoms with Crippen molar-refractivity contribution in [1.82, 2.24) is 10.2 Å². The third kappa shape index (κ3) is 4.46. The molecular formula is C16H24N4O2. The fourth-order valence-electron chi connectivity index (χ4n) is 2.71. The van der Waals surface area contributed by atoms with Crippen LogP contribution in [0.3, 0.4) is 0 Å². The number of amides is 3. The Kier molecular flexibility index (Phi) is 5.38. The van der Waals surface area contributed by atoms with Crippen molar-refractivity contribution >= 4 is 17.6 Å². The van der Waals surface area contributed by atoms with Crippen molar-refractivity contribution < 1.29 is 9.59 Å². The molecule has 6 heteroatoms. The highest BCUT2D eigenvalue weighted by Gasteiger charge is 2.27. The molecule has 0 radical (unpaired) electrons. The predicted octanol–water partition coefficient (Wildman–Crippen LogP) is 1.45. The number of imide groups is 1. The van der Waals surface area contributed by atoms with Gasteiger partial charge in [0.25, 0.3) is 0 Å². The number of anilines is 1. The number of hydrogen-bond donors (Lipinski definition) is 3. The van der Waals surface area contributed by atoms with Crippen LogP contribution in [0.15, 0.2) is 24.3 Å². The molecule has 1 aromatic carbocycles. The first-order valence-electron chi connectivity index (χ1n) is 7.63. The zero-order chi connectivity index (χ0) is 16.1. The lowest BCUT2D eigenvalue weighted by Crippen LogP contribution is -2.51. The van der Waals surface area contributed by atoms with E-state index in [1.54, 1.807) is 6.92 Å². The Bertz CT molecular complexity index is 521. The second-order valence-corrected chi connectivity index (χ2v) is 5.85. The van der Waals surface area contributed by atoms with E-state index in [1.165, 1.54) is 5.56 Å². The maximum absolute atomic E-state index is 11.8. The fourth-order valence-corrected chi connectivity index (χ4v) is 2.71. The van der Waals surface area contributed by atoms with E-state index in [0.29, 0.717) is 6.04 Å². The zero-order valence-corrected chi connectivity index (χ0v) is 13.1. The fraction of sp³-hybridized carbons (Fsp3) is 0.500. The summed E-state index contributed by atoms with van der Waals surface area (Å²) in [6.45, 7) is 5.50. The third-order valence-electron chi connectivity index (χ3n) is 4.13. The SMILES string of the molecule is Cc1ccc(NC2CCN([C@H](C)C(=O)NC(N)=O)CC2)cc1. The molecule has 0 aliphatic carbocycles. The molecule has 2 rings (SSSR count). The predicted molar refractivity (Wildman–Crippen MR) is 86.6 cm³/mol. The molecular weight excluding hydrogens is 280 g/mol. The van der Waals surface area contributed by atoms with Gasteiger partial charge in [0, 0.05) is 24.8 Å². The van der Waals surface area contributed by atoms with Crippen LogP contribution in [0, 0.1) is 6.92 Å². The van der Waals surface area contributed by atoms with Crippen LogP contribution >= 0.6 is 0 Å². The molecule has 0 saturated carbocycles. The number of urea groups is 1. The molecule has 1 saturated heterocycles. The topological polar surface area (TPSA) is 87.5 Å². The molecule has 0 aromatic heterocycles. The van der Waals surface area contributed by atoms with Crippen LogP contribution in [0.25, 0.3) is 0 Å². The number of piperidine rings is 1. The number of likely N-dealkylation sites (tertiary alicyclic amines) is 1. The van der Waals surface area contributed by atoms with Crippen molar-refractivity contribution in [3.05, 3.63) is 29.8 Å². The van der Waals surface area contributed by atoms with E-state index in [0.717, 1.165) is 31.6 Å². The van der Waals surface area contributed by atoms with Crippen LogP contribution in [0.1, 0.15) is 25.3 Å². The molecule has 1 aliphatic heterocycles. The summed E-state index contributed by atoms with van der Waals surface area (Å²) < 4.78 is 0. The average Bonchev–Trinajstić information content (AvgIpc) is 2.49. The summed E-state index contributed by atoms with van der Waals surface area (Å²) in [6, 6.07) is 7.63. The number of nitrogens with zero attached hydrogens (tertiary/aromatic N) is 1. The maximum Gasteiger partial charge on any atom is 0.318 e. The average molecular weight is 304 g/mol. The molecule has 6 nitrogen and oxygen atoms in total. The van der Waals surface area contributed by atoms with Crippen LogP contribution in [0.5, 0.6) is 0 Å². The van der Waals surface area contributed by atoms with E-state index in [4.69, 9.17) is 5.73 Å². The van der Waals surface area contributed by atoms with Crippen LogP contribution in [0.2, 0.25) is 0 Å². The number of carbonyl (C=O) groups is 2. The smallest absolute Gasteiger partial charge is 0.318 e. The monoisotopic (exact) mass is 304 g/mol. The first-order chi connectivity index (χ1) is 10.5. The molecule has 1 atom stereocenters. The number of carbonyl (C=O) groups excluding carboxylic acids is 2. The van der Waals surface area contributed by atoms with Crippen molar-refractivity contribution in [3.8, 4) is 0 Å². The number of aryl methyl sites for hydroxylation is 1. The minimum Gasteiger partial charge on any atom is -0.382 e. The Hall–Kier alpha value is -2.08. The number of hydrogen-bond acceptors (Lipinski definition) is 4. The summed E-state index contributed by atoms with van der Waals surface area (Å²) in [7, 11) is 0. The van der Waals surface area contributed by atoms with Crippen LogP contribution in [0.4, 0.5) is 10.5 Å². The molecule has 1 fully saturated rings. The van der Waals surface area contributed by atoms with Gasteiger partial charge in [-0.25, -0.2) is 4.79 Å². The highest BCUT2D eigenvalue weighted by molar-refractivity contribution is 5.96. The zero-order valence-electron chi connectivity index (χ0n) is 13.1. The lowest BCUT2D eigenvalue weighted by Gasteiger charge is -2.35. The standard InChI is InChI=1S/C16H24N4O2/c1-11-3-5-13(6-4-11)18-14-7-9-20(10-8-14)12(2)15(21)19-16(17)22/h3-6,12,14,18H,7-10H2,1-2H3,(H3,17,19,21,22)/t12-/m1/s1. The van der Waals surface area contributed by atoms with Crippen molar-refractivity contribution in [2.24, 2.45) is 5.73 Å². The van der Waals surface area contributed by atoms with Gasteiger partial charge in [-0.15, -0.1) is 0 Å². The molecule has 0 unspecified atom stereocenters. The summed E-state index contributed by atoms with van der Waals surface area (Å²) in [6.07, 6.45) is 1.92. The number of nitrogens with one attached hydrogen (secondary N) is 2. The highest BCUT2D eigenvalue weighted by Crippen LogP contribution is 2.18. The van der Waals surface area contributed by atoms with Crippen molar-refractivity contribution in [1.29, 1.82) is 0 Å². The molecule has 22 heavy (non-hydrogen) atoms. The van der Waals surface area contributed by atoms with E-state index in [2.05, 4.69) is 46.7 Å². The molecule has 1 heterocycles. The summed E-state index contributed by atoms with van der Waals surface area (Å²) in [4.78, 5) is 24.6. The van der Waals surface area contributed by atoms with Gasteiger partial charge in [-0.2, -0.15) is 0 Å². The summed E-state index contributed by atoms with van der Waals surface area (Å²) in [5.74, 6) is -0.336. The molecule has 4 N–H and O–H groups in total. The number of nitrogens with two attached hydrogens (primary N) is 1. The highest BCUT2D eigenvalue weighted by atomic mass is 16.2. The number of primary amides is 1. The third-order valence-corrected chi connectivity index (χ3v) is 4.13. The number of benzene rings is 1. The minimum absolute atomic E-state index is 0.336. The van der Waals surface area contributed by atoms with E-state index < -0.39 is 6.03 Å². The van der Waals surface area contributed by atoms with Crippen LogP contribution < -0.4 is 16.4 Å². The summed E-state index contributed by atoms with van der Waals surface area (Å²) in [5, 5.41) is 5.67. The van der Waals surface area contributed by atoms with Gasteiger partial charge < -0.3 is 11.1 Å². The molecule has 1 aliphatic rings. The van der Waals surface area contributed by atoms with Crippen molar-refractivity contribution in [2.75, 3.05) is 18.4 Å². The van der Waals surface area contributed by atoms with Gasteiger partial charge in [-0.3, -0.25) is 15.0 Å². The Morgan fingerprint density at radius 1 is 1.23 bits per heavy atom. The van der Waals surface area contributed by atoms with E-state index in [-0.39, 0.29) is 11.9 Å². The van der Waals surface area contributed by atoms with Crippen molar-refractivity contribution in [2.45, 2.75) is 38.8 Å². The molecule has 120 valence electrons. The summed E-state index contributed by atoms with van der Waals surface area (Å²) >= 11 is 0. The first-order valence-corrected chi connectivity index (χ1v) is 7.63. The minimum atomic E-state index is -0.798. The van der Waals surface area contributed by atoms with E-state index in [1.807, 2.05) is 0 Å². The molecule has 3 amide bonds. The Morgan fingerprint density at radius 3 is 2.36 bits per heavy atom. The lowest BCUT2D eigenvalue weighted by molar-refractivity contribution is -0.125. The van der Waals surface area contributed by atoms with Gasteiger partial charge in [0.15, 0.2) is 0 Å². The normalized spacial score (nSPS) is 17.7. The Morgan fingerprint density at radius 2 is 1.82 bits per heavy atom. The molecule has 0 spiro atoms. The molecule has 0 bridgehead atoms. The van der Waals surface area contributed by atoms with Gasteiger partial charge >= 0.3 is 6.03 Å². The first kappa shape index (κ1) is 16.3. The van der Waals surface area contributed by atoms with Crippen molar-refractivity contribution in [3.63, 3.8) is 0 Å². The van der Waals surface area contributed by atoms with Gasteiger partial charge in [-0.05, 0) is 38.8 Å². The van der Waals surface area contributed by atoms with E-state index in [9.17, 15) is 9.59 Å². The van der Waals surface area contributed by atoms with Gasteiger partial charge in [0.05, 0.1) is 6.04 Å².